The number of nitriles is 1. The van der Waals surface area contributed by atoms with Gasteiger partial charge < -0.3 is 10.2 Å². The Morgan fingerprint density at radius 2 is 2.17 bits per heavy atom. The fourth-order valence-electron chi connectivity index (χ4n) is 2.38. The Morgan fingerprint density at radius 1 is 1.44 bits per heavy atom. The van der Waals surface area contributed by atoms with Gasteiger partial charge in [0.05, 0.1) is 0 Å². The van der Waals surface area contributed by atoms with Crippen LogP contribution in [0.15, 0.2) is 6.07 Å². The highest BCUT2D eigenvalue weighted by Gasteiger charge is 2.20. The molecule has 0 bridgehead atoms. The minimum absolute atomic E-state index is 0.454. The van der Waals surface area contributed by atoms with E-state index in [4.69, 9.17) is 5.26 Å². The predicted molar refractivity (Wildman–Crippen MR) is 70.3 cm³/mol. The summed E-state index contributed by atoms with van der Waals surface area (Å²) in [4.78, 5) is 10.9. The van der Waals surface area contributed by atoms with E-state index < -0.39 is 0 Å². The molecule has 0 aliphatic carbocycles. The van der Waals surface area contributed by atoms with Crippen molar-refractivity contribution in [1.82, 2.24) is 15.3 Å². The Labute approximate surface area is 108 Å². The molecule has 1 aliphatic heterocycles. The Morgan fingerprint density at radius 3 is 2.78 bits per heavy atom. The molecule has 1 N–H and O–H groups in total. The Hall–Kier alpha value is -1.67. The molecule has 0 radical (unpaired) electrons. The van der Waals surface area contributed by atoms with Crippen molar-refractivity contribution in [2.45, 2.75) is 19.8 Å². The van der Waals surface area contributed by atoms with Crippen molar-refractivity contribution < 1.29 is 0 Å². The summed E-state index contributed by atoms with van der Waals surface area (Å²) in [6.07, 6.45) is 2.31. The van der Waals surface area contributed by atoms with Gasteiger partial charge in [-0.15, -0.1) is 0 Å². The highest BCUT2D eigenvalue weighted by atomic mass is 15.3. The summed E-state index contributed by atoms with van der Waals surface area (Å²) in [6, 6.07) is 3.81. The molecule has 18 heavy (non-hydrogen) atoms. The third-order valence-corrected chi connectivity index (χ3v) is 3.35. The lowest BCUT2D eigenvalue weighted by Gasteiger charge is -2.32. The Kier molecular flexibility index (Phi) is 4.11. The molecule has 0 spiro atoms. The van der Waals surface area contributed by atoms with Gasteiger partial charge in [-0.2, -0.15) is 5.26 Å². The fourth-order valence-corrected chi connectivity index (χ4v) is 2.38. The van der Waals surface area contributed by atoms with Gasteiger partial charge in [-0.25, -0.2) is 9.97 Å². The molecular weight excluding hydrogens is 226 g/mol. The number of aryl methyl sites for hydroxylation is 1. The highest BCUT2D eigenvalue weighted by Crippen LogP contribution is 2.20. The molecule has 0 aromatic carbocycles. The van der Waals surface area contributed by atoms with E-state index in [0.717, 1.165) is 44.1 Å². The van der Waals surface area contributed by atoms with Crippen LogP contribution in [0.5, 0.6) is 0 Å². The second kappa shape index (κ2) is 5.78. The molecule has 0 saturated carbocycles. The van der Waals surface area contributed by atoms with Gasteiger partial charge in [0, 0.05) is 18.8 Å². The summed E-state index contributed by atoms with van der Waals surface area (Å²) >= 11 is 0. The predicted octanol–water partition coefficient (Wildman–Crippen LogP) is 1.09. The first-order valence-electron chi connectivity index (χ1n) is 6.38. The quantitative estimate of drug-likeness (QED) is 0.863. The molecule has 1 saturated heterocycles. The van der Waals surface area contributed by atoms with E-state index in [9.17, 15) is 0 Å². The number of rotatable bonds is 3. The van der Waals surface area contributed by atoms with Crippen LogP contribution >= 0.6 is 0 Å². The summed E-state index contributed by atoms with van der Waals surface area (Å²) in [5, 5.41) is 12.2. The molecule has 2 heterocycles. The van der Waals surface area contributed by atoms with Crippen LogP contribution in [0.25, 0.3) is 0 Å². The summed E-state index contributed by atoms with van der Waals surface area (Å²) in [5.41, 5.74) is 1.31. The number of hydrogen-bond acceptors (Lipinski definition) is 5. The van der Waals surface area contributed by atoms with Gasteiger partial charge in [-0.05, 0) is 45.3 Å². The number of hydrogen-bond donors (Lipinski definition) is 1. The molecule has 0 unspecified atom stereocenters. The van der Waals surface area contributed by atoms with Gasteiger partial charge >= 0.3 is 0 Å². The van der Waals surface area contributed by atoms with E-state index in [0.29, 0.717) is 11.6 Å². The van der Waals surface area contributed by atoms with Gasteiger partial charge in [0.15, 0.2) is 0 Å². The van der Waals surface area contributed by atoms with Crippen molar-refractivity contribution in [2.75, 3.05) is 31.6 Å². The second-order valence-electron chi connectivity index (χ2n) is 4.79. The molecule has 1 aromatic rings. The van der Waals surface area contributed by atoms with Crippen LogP contribution in [0, 0.1) is 24.2 Å². The zero-order valence-electron chi connectivity index (χ0n) is 11.0. The molecule has 2 rings (SSSR count). The van der Waals surface area contributed by atoms with Gasteiger partial charge in [-0.1, -0.05) is 0 Å². The van der Waals surface area contributed by atoms with Gasteiger partial charge in [-0.3, -0.25) is 0 Å². The standard InChI is InChI=1S/C13H19N5/c1-10-7-12(8-14)17-13(16-10)18-5-3-11(4-6-18)9-15-2/h7,11,15H,3-6,9H2,1-2H3. The average Bonchev–Trinajstić information content (AvgIpc) is 2.39. The molecule has 96 valence electrons. The molecule has 0 atom stereocenters. The SMILES string of the molecule is CNCC1CCN(c2nc(C)cc(C#N)n2)CC1. The van der Waals surface area contributed by atoms with Crippen molar-refractivity contribution in [3.8, 4) is 6.07 Å². The van der Waals surface area contributed by atoms with Crippen molar-refractivity contribution >= 4 is 5.95 Å². The second-order valence-corrected chi connectivity index (χ2v) is 4.79. The average molecular weight is 245 g/mol. The van der Waals surface area contributed by atoms with Crippen LogP contribution in [0.3, 0.4) is 0 Å². The first-order chi connectivity index (χ1) is 8.72. The van der Waals surface area contributed by atoms with Crippen LogP contribution in [0.4, 0.5) is 5.95 Å². The maximum absolute atomic E-state index is 8.93. The topological polar surface area (TPSA) is 64.8 Å². The fraction of sp³-hybridized carbons (Fsp3) is 0.615. The molecule has 5 heteroatoms. The first-order valence-corrected chi connectivity index (χ1v) is 6.38. The smallest absolute Gasteiger partial charge is 0.226 e. The van der Waals surface area contributed by atoms with Crippen molar-refractivity contribution in [1.29, 1.82) is 5.26 Å². The number of nitrogens with one attached hydrogen (secondary N) is 1. The van der Waals surface area contributed by atoms with Crippen LogP contribution < -0.4 is 10.2 Å². The van der Waals surface area contributed by atoms with Crippen molar-refractivity contribution in [2.24, 2.45) is 5.92 Å². The molecular formula is C13H19N5. The number of anilines is 1. The monoisotopic (exact) mass is 245 g/mol. The zero-order valence-corrected chi connectivity index (χ0v) is 11.0. The maximum atomic E-state index is 8.93. The summed E-state index contributed by atoms with van der Waals surface area (Å²) < 4.78 is 0. The lowest BCUT2D eigenvalue weighted by Crippen LogP contribution is -2.37. The lowest BCUT2D eigenvalue weighted by molar-refractivity contribution is 0.390. The van der Waals surface area contributed by atoms with E-state index in [1.54, 1.807) is 6.07 Å². The summed E-state index contributed by atoms with van der Waals surface area (Å²) in [5.74, 6) is 1.45. The maximum Gasteiger partial charge on any atom is 0.226 e. The zero-order chi connectivity index (χ0) is 13.0. The molecule has 1 aliphatic rings. The molecule has 1 aromatic heterocycles. The summed E-state index contributed by atoms with van der Waals surface area (Å²) in [7, 11) is 2.00. The number of nitrogens with zero attached hydrogens (tertiary/aromatic N) is 4. The van der Waals surface area contributed by atoms with Crippen LogP contribution in [0.1, 0.15) is 24.2 Å². The van der Waals surface area contributed by atoms with Crippen LogP contribution in [0.2, 0.25) is 0 Å². The number of piperidine rings is 1. The molecule has 0 amide bonds. The van der Waals surface area contributed by atoms with E-state index in [-0.39, 0.29) is 0 Å². The first kappa shape index (κ1) is 12.8. The molecule has 5 nitrogen and oxygen atoms in total. The Bertz CT molecular complexity index is 443. The molecule has 1 fully saturated rings. The van der Waals surface area contributed by atoms with Gasteiger partial charge in [0.2, 0.25) is 5.95 Å². The van der Waals surface area contributed by atoms with Gasteiger partial charge in [0.25, 0.3) is 0 Å². The highest BCUT2D eigenvalue weighted by molar-refractivity contribution is 5.36. The lowest BCUT2D eigenvalue weighted by atomic mass is 9.97. The third kappa shape index (κ3) is 2.96. The van der Waals surface area contributed by atoms with Crippen LogP contribution in [-0.4, -0.2) is 36.6 Å². The largest absolute Gasteiger partial charge is 0.341 e. The Balaban J connectivity index is 2.05. The third-order valence-electron chi connectivity index (χ3n) is 3.35. The number of aromatic nitrogens is 2. The minimum atomic E-state index is 0.454. The van der Waals surface area contributed by atoms with Crippen molar-refractivity contribution in [3.63, 3.8) is 0 Å². The normalized spacial score (nSPS) is 16.6. The van der Waals surface area contributed by atoms with Crippen molar-refractivity contribution in [3.05, 3.63) is 17.5 Å². The van der Waals surface area contributed by atoms with Crippen LogP contribution in [-0.2, 0) is 0 Å². The van der Waals surface area contributed by atoms with E-state index in [1.165, 1.54) is 0 Å². The van der Waals surface area contributed by atoms with E-state index in [1.807, 2.05) is 14.0 Å². The van der Waals surface area contributed by atoms with E-state index in [2.05, 4.69) is 26.3 Å². The van der Waals surface area contributed by atoms with E-state index >= 15 is 0 Å². The summed E-state index contributed by atoms with van der Waals surface area (Å²) in [6.45, 7) is 4.92. The minimum Gasteiger partial charge on any atom is -0.341 e. The van der Waals surface area contributed by atoms with Gasteiger partial charge in [0.1, 0.15) is 11.8 Å².